The minimum absolute atomic E-state index is 0.132. The molecular weight excluding hydrogens is 248 g/mol. The Labute approximate surface area is 121 Å². The summed E-state index contributed by atoms with van der Waals surface area (Å²) in [5.41, 5.74) is 3.50. The molecule has 1 fully saturated rings. The zero-order chi connectivity index (χ0) is 14.5. The van der Waals surface area contributed by atoms with Gasteiger partial charge in [0, 0.05) is 11.3 Å². The molecule has 1 aliphatic rings. The molecule has 1 aromatic rings. The summed E-state index contributed by atoms with van der Waals surface area (Å²) in [4.78, 5) is 15.4. The van der Waals surface area contributed by atoms with E-state index in [-0.39, 0.29) is 5.78 Å². The van der Waals surface area contributed by atoms with E-state index in [0.29, 0.717) is 0 Å². The lowest BCUT2D eigenvalue weighted by Crippen LogP contribution is -3.15. The van der Waals surface area contributed by atoms with E-state index in [1.54, 1.807) is 11.8 Å². The summed E-state index contributed by atoms with van der Waals surface area (Å²) < 4.78 is 0. The first-order chi connectivity index (χ1) is 9.60. The molecule has 1 aromatic carbocycles. The molecule has 2 rings (SSSR count). The first kappa shape index (κ1) is 14.8. The SMILES string of the molecule is C/C=C(\C)C[NH+]1CCN(c2ccc(C(C)=O)cc2)CC1. The lowest BCUT2D eigenvalue weighted by Gasteiger charge is -2.33. The molecular formula is C17H25N2O+. The smallest absolute Gasteiger partial charge is 0.159 e. The number of piperazine rings is 1. The van der Waals surface area contributed by atoms with Gasteiger partial charge in [0.15, 0.2) is 5.78 Å². The predicted octanol–water partition coefficient (Wildman–Crippen LogP) is 1.56. The van der Waals surface area contributed by atoms with Crippen molar-refractivity contribution in [3.8, 4) is 0 Å². The van der Waals surface area contributed by atoms with Gasteiger partial charge in [0.1, 0.15) is 0 Å². The molecule has 0 saturated carbocycles. The van der Waals surface area contributed by atoms with Gasteiger partial charge in [-0.05, 0) is 50.6 Å². The number of ketones is 1. The molecule has 0 bridgehead atoms. The highest BCUT2D eigenvalue weighted by Gasteiger charge is 2.20. The van der Waals surface area contributed by atoms with Crippen molar-refractivity contribution in [1.29, 1.82) is 0 Å². The third kappa shape index (κ3) is 3.70. The highest BCUT2D eigenvalue weighted by Crippen LogP contribution is 2.15. The number of carbonyl (C=O) groups is 1. The fourth-order valence-corrected chi connectivity index (χ4v) is 2.66. The van der Waals surface area contributed by atoms with Gasteiger partial charge in [0.25, 0.3) is 0 Å². The highest BCUT2D eigenvalue weighted by molar-refractivity contribution is 5.94. The highest BCUT2D eigenvalue weighted by atomic mass is 16.1. The van der Waals surface area contributed by atoms with Crippen LogP contribution in [0.4, 0.5) is 5.69 Å². The van der Waals surface area contributed by atoms with Gasteiger partial charge in [-0.2, -0.15) is 0 Å². The molecule has 0 aliphatic carbocycles. The average Bonchev–Trinajstić information content (AvgIpc) is 2.48. The Balaban J connectivity index is 1.92. The van der Waals surface area contributed by atoms with Gasteiger partial charge >= 0.3 is 0 Å². The third-order valence-electron chi connectivity index (χ3n) is 4.13. The normalized spacial score (nSPS) is 17.4. The fourth-order valence-electron chi connectivity index (χ4n) is 2.66. The van der Waals surface area contributed by atoms with Crippen molar-refractivity contribution >= 4 is 11.5 Å². The number of Topliss-reactive ketones (excluding diaryl/α,β-unsaturated/α-hetero) is 1. The lowest BCUT2D eigenvalue weighted by molar-refractivity contribution is -0.895. The number of quaternary nitrogens is 1. The van der Waals surface area contributed by atoms with Crippen LogP contribution in [-0.2, 0) is 0 Å². The van der Waals surface area contributed by atoms with Crippen LogP contribution < -0.4 is 9.80 Å². The molecule has 0 spiro atoms. The first-order valence-corrected chi connectivity index (χ1v) is 7.41. The van der Waals surface area contributed by atoms with Crippen molar-refractivity contribution in [2.75, 3.05) is 37.6 Å². The maximum Gasteiger partial charge on any atom is 0.159 e. The Hall–Kier alpha value is -1.61. The van der Waals surface area contributed by atoms with Crippen molar-refractivity contribution in [2.45, 2.75) is 20.8 Å². The van der Waals surface area contributed by atoms with Crippen LogP contribution in [0.25, 0.3) is 0 Å². The molecule has 1 aliphatic heterocycles. The lowest BCUT2D eigenvalue weighted by atomic mass is 10.1. The monoisotopic (exact) mass is 273 g/mol. The van der Waals surface area contributed by atoms with Crippen molar-refractivity contribution in [3.63, 3.8) is 0 Å². The summed E-state index contributed by atoms with van der Waals surface area (Å²) >= 11 is 0. The van der Waals surface area contributed by atoms with Gasteiger partial charge < -0.3 is 9.80 Å². The Kier molecular flexibility index (Phi) is 4.96. The van der Waals surface area contributed by atoms with Crippen molar-refractivity contribution in [2.24, 2.45) is 0 Å². The van der Waals surface area contributed by atoms with Gasteiger partial charge in [0.05, 0.1) is 32.7 Å². The zero-order valence-corrected chi connectivity index (χ0v) is 12.8. The van der Waals surface area contributed by atoms with Crippen molar-refractivity contribution in [1.82, 2.24) is 0 Å². The van der Waals surface area contributed by atoms with E-state index in [1.807, 2.05) is 12.1 Å². The molecule has 1 saturated heterocycles. The minimum Gasteiger partial charge on any atom is -0.360 e. The quantitative estimate of drug-likeness (QED) is 0.665. The molecule has 0 amide bonds. The van der Waals surface area contributed by atoms with E-state index in [0.717, 1.165) is 25.2 Å². The molecule has 20 heavy (non-hydrogen) atoms. The standard InChI is InChI=1S/C17H24N2O/c1-4-14(2)13-18-9-11-19(12-10-18)17-7-5-16(6-8-17)15(3)20/h4-8H,9-13H2,1-3H3/p+1/b14-4+. The molecule has 1 heterocycles. The maximum atomic E-state index is 11.3. The van der Waals surface area contributed by atoms with Gasteiger partial charge in [-0.25, -0.2) is 0 Å². The number of rotatable bonds is 4. The molecule has 0 aromatic heterocycles. The zero-order valence-electron chi connectivity index (χ0n) is 12.8. The van der Waals surface area contributed by atoms with Crippen LogP contribution in [0, 0.1) is 0 Å². The van der Waals surface area contributed by atoms with E-state index >= 15 is 0 Å². The van der Waals surface area contributed by atoms with E-state index in [4.69, 9.17) is 0 Å². The number of anilines is 1. The second-order valence-electron chi connectivity index (χ2n) is 5.65. The molecule has 0 unspecified atom stereocenters. The van der Waals surface area contributed by atoms with Crippen LogP contribution >= 0.6 is 0 Å². The van der Waals surface area contributed by atoms with Gasteiger partial charge in [-0.15, -0.1) is 0 Å². The Morgan fingerprint density at radius 2 is 1.80 bits per heavy atom. The summed E-state index contributed by atoms with van der Waals surface area (Å²) in [6.07, 6.45) is 2.21. The Morgan fingerprint density at radius 1 is 1.20 bits per heavy atom. The predicted molar refractivity (Wildman–Crippen MR) is 83.7 cm³/mol. The van der Waals surface area contributed by atoms with Gasteiger partial charge in [-0.3, -0.25) is 4.79 Å². The second-order valence-corrected chi connectivity index (χ2v) is 5.65. The van der Waals surface area contributed by atoms with E-state index in [2.05, 4.69) is 37.0 Å². The van der Waals surface area contributed by atoms with Gasteiger partial charge in [-0.1, -0.05) is 6.08 Å². The number of carbonyl (C=O) groups excluding carboxylic acids is 1. The number of hydrogen-bond donors (Lipinski definition) is 1. The summed E-state index contributed by atoms with van der Waals surface area (Å²) in [6.45, 7) is 11.6. The van der Waals surface area contributed by atoms with Crippen LogP contribution in [0.2, 0.25) is 0 Å². The fraction of sp³-hybridized carbons (Fsp3) is 0.471. The molecule has 0 radical (unpaired) electrons. The van der Waals surface area contributed by atoms with Crippen molar-refractivity contribution < 1.29 is 9.69 Å². The topological polar surface area (TPSA) is 24.8 Å². The summed E-state index contributed by atoms with van der Waals surface area (Å²) in [6, 6.07) is 8.00. The van der Waals surface area contributed by atoms with Crippen LogP contribution in [0.5, 0.6) is 0 Å². The van der Waals surface area contributed by atoms with E-state index in [1.165, 1.54) is 24.4 Å². The van der Waals surface area contributed by atoms with Crippen LogP contribution in [0.1, 0.15) is 31.1 Å². The molecule has 3 heteroatoms. The second kappa shape index (κ2) is 6.71. The van der Waals surface area contributed by atoms with Crippen molar-refractivity contribution in [3.05, 3.63) is 41.5 Å². The number of nitrogens with one attached hydrogen (secondary N) is 1. The number of nitrogens with zero attached hydrogens (tertiary/aromatic N) is 1. The largest absolute Gasteiger partial charge is 0.360 e. The number of benzene rings is 1. The molecule has 108 valence electrons. The number of allylic oxidation sites excluding steroid dienone is 1. The van der Waals surface area contributed by atoms with Gasteiger partial charge in [0.2, 0.25) is 0 Å². The number of hydrogen-bond acceptors (Lipinski definition) is 2. The maximum absolute atomic E-state index is 11.3. The van der Waals surface area contributed by atoms with Crippen LogP contribution in [0.15, 0.2) is 35.9 Å². The summed E-state index contributed by atoms with van der Waals surface area (Å²) in [7, 11) is 0. The van der Waals surface area contributed by atoms with Crippen LogP contribution in [0.3, 0.4) is 0 Å². The minimum atomic E-state index is 0.132. The Bertz CT molecular complexity index is 482. The molecule has 0 atom stereocenters. The van der Waals surface area contributed by atoms with E-state index < -0.39 is 0 Å². The first-order valence-electron chi connectivity index (χ1n) is 7.41. The Morgan fingerprint density at radius 3 is 2.30 bits per heavy atom. The van der Waals surface area contributed by atoms with E-state index in [9.17, 15) is 4.79 Å². The molecule has 1 N–H and O–H groups in total. The third-order valence-corrected chi connectivity index (χ3v) is 4.13. The average molecular weight is 273 g/mol. The summed E-state index contributed by atoms with van der Waals surface area (Å²) in [5, 5.41) is 0. The molecule has 3 nitrogen and oxygen atoms in total. The van der Waals surface area contributed by atoms with Crippen LogP contribution in [-0.4, -0.2) is 38.5 Å². The summed E-state index contributed by atoms with van der Waals surface area (Å²) in [5.74, 6) is 0.132.